The van der Waals surface area contributed by atoms with Crippen LogP contribution in [0.1, 0.15) is 156 Å². The van der Waals surface area contributed by atoms with Crippen LogP contribution in [0.2, 0.25) is 0 Å². The average molecular weight is 774 g/mol. The Bertz CT molecular complexity index is 1460. The predicted octanol–water partition coefficient (Wildman–Crippen LogP) is 13.9. The van der Waals surface area contributed by atoms with E-state index in [1.165, 1.54) is 38.5 Å². The summed E-state index contributed by atoms with van der Waals surface area (Å²) in [6, 6.07) is 14.1. The van der Waals surface area contributed by atoms with Crippen molar-refractivity contribution in [3.63, 3.8) is 0 Å². The van der Waals surface area contributed by atoms with Crippen LogP contribution < -0.4 is 18.9 Å². The van der Waals surface area contributed by atoms with Gasteiger partial charge in [0.15, 0.2) is 23.0 Å². The Hall–Kier alpha value is -4.05. The van der Waals surface area contributed by atoms with Crippen LogP contribution in [0.15, 0.2) is 61.1 Å². The van der Waals surface area contributed by atoms with Crippen LogP contribution in [0.5, 0.6) is 23.0 Å². The van der Waals surface area contributed by atoms with Gasteiger partial charge >= 0.3 is 0 Å². The van der Waals surface area contributed by atoms with Crippen LogP contribution in [-0.4, -0.2) is 38.6 Å². The first-order valence-corrected chi connectivity index (χ1v) is 21.8. The molecule has 0 aliphatic heterocycles. The van der Waals surface area contributed by atoms with E-state index in [-0.39, 0.29) is 12.2 Å². The summed E-state index contributed by atoms with van der Waals surface area (Å²) in [5, 5.41) is 10.4. The van der Waals surface area contributed by atoms with Crippen molar-refractivity contribution in [2.75, 3.05) is 26.4 Å². The molecule has 4 atom stereocenters. The lowest BCUT2D eigenvalue weighted by Crippen LogP contribution is -2.15. The molecule has 0 N–H and O–H groups in total. The molecule has 2 rings (SSSR count). The van der Waals surface area contributed by atoms with Crippen LogP contribution in [0, 0.1) is 23.2 Å². The third kappa shape index (κ3) is 20.7. The van der Waals surface area contributed by atoms with Crippen molar-refractivity contribution in [3.8, 4) is 29.1 Å². The number of benzene rings is 2. The van der Waals surface area contributed by atoms with Gasteiger partial charge in [0.1, 0.15) is 0 Å². The number of nitrogens with zero attached hydrogens (tertiary/aromatic N) is 1. The topological polar surface area (TPSA) is 79.2 Å². The normalized spacial score (nSPS) is 13.9. The quantitative estimate of drug-likeness (QED) is 0.0317. The molecule has 0 amide bonds. The van der Waals surface area contributed by atoms with Gasteiger partial charge in [0.25, 0.3) is 0 Å². The summed E-state index contributed by atoms with van der Waals surface area (Å²) in [6.07, 6.45) is 24.4. The summed E-state index contributed by atoms with van der Waals surface area (Å²) in [6.45, 7) is 19.9. The molecule has 56 heavy (non-hydrogen) atoms. The maximum absolute atomic E-state index is 10.4. The van der Waals surface area contributed by atoms with Gasteiger partial charge in [-0.2, -0.15) is 5.26 Å². The molecule has 0 saturated heterocycles. The Morgan fingerprint density at radius 3 is 1.66 bits per heavy atom. The third-order valence-electron chi connectivity index (χ3n) is 9.80. The molecule has 0 fully saturated rings. The highest BCUT2D eigenvalue weighted by Crippen LogP contribution is 2.35. The summed E-state index contributed by atoms with van der Waals surface area (Å²) in [5.74, 6) is 3.72. The monoisotopic (exact) mass is 774 g/mol. The molecule has 0 radical (unpaired) electrons. The highest BCUT2D eigenvalue weighted by atomic mass is 16.5. The predicted molar refractivity (Wildman–Crippen MR) is 233 cm³/mol. The van der Waals surface area contributed by atoms with Gasteiger partial charge in [-0.1, -0.05) is 112 Å². The van der Waals surface area contributed by atoms with Gasteiger partial charge in [0, 0.05) is 12.8 Å². The van der Waals surface area contributed by atoms with E-state index < -0.39 is 0 Å². The van der Waals surface area contributed by atoms with Crippen LogP contribution in [-0.2, 0) is 9.47 Å². The molecule has 2 aromatic carbocycles. The van der Waals surface area contributed by atoms with Crippen LogP contribution >= 0.6 is 0 Å². The maximum Gasteiger partial charge on any atom is 0.162 e. The average Bonchev–Trinajstić information content (AvgIpc) is 3.20. The van der Waals surface area contributed by atoms with E-state index in [1.54, 1.807) is 12.5 Å². The fourth-order valence-corrected chi connectivity index (χ4v) is 5.67. The molecular weight excluding hydrogens is 699 g/mol. The second kappa shape index (κ2) is 30.1. The fourth-order valence-electron chi connectivity index (χ4n) is 5.67. The van der Waals surface area contributed by atoms with Crippen molar-refractivity contribution >= 4 is 11.6 Å². The first kappa shape index (κ1) is 48.1. The molecule has 0 aliphatic rings. The van der Waals surface area contributed by atoms with E-state index in [0.717, 1.165) is 55.4 Å². The fraction of sp³-hybridized carbons (Fsp3) is 0.612. The lowest BCUT2D eigenvalue weighted by Gasteiger charge is -2.20. The summed E-state index contributed by atoms with van der Waals surface area (Å²) < 4.78 is 36.9. The zero-order chi connectivity index (χ0) is 40.8. The smallest absolute Gasteiger partial charge is 0.162 e. The number of nitriles is 1. The minimum atomic E-state index is -0.138. The third-order valence-corrected chi connectivity index (χ3v) is 9.80. The van der Waals surface area contributed by atoms with Crippen LogP contribution in [0.4, 0.5) is 0 Å². The molecule has 312 valence electrons. The van der Waals surface area contributed by atoms with Crippen molar-refractivity contribution in [1.29, 1.82) is 5.26 Å². The molecule has 0 bridgehead atoms. The standard InChI is InChI=1S/C49H75NO6/c1-9-13-15-17-19-31-53-46-28-26-44(35-48(46)54-32-20-18-16-14-10-2)45(36-50)33-43-25-27-47(55-41(7)23-21-29-51-37-39(5)11-3)49(34-43)56-42(8)24-22-30-52-38-40(6)12-4/h21-22,25-30,33-35,39-42H,9-20,23-24,31-32,37-38H2,1-8H3. The Labute approximate surface area is 341 Å². The summed E-state index contributed by atoms with van der Waals surface area (Å²) in [4.78, 5) is 0. The lowest BCUT2D eigenvalue weighted by molar-refractivity contribution is 0.177. The van der Waals surface area contributed by atoms with Gasteiger partial charge in [0.2, 0.25) is 0 Å². The van der Waals surface area contributed by atoms with Crippen molar-refractivity contribution in [2.24, 2.45) is 11.8 Å². The van der Waals surface area contributed by atoms with E-state index in [0.29, 0.717) is 73.9 Å². The molecule has 0 aliphatic carbocycles. The molecule has 4 unspecified atom stereocenters. The van der Waals surface area contributed by atoms with Gasteiger partial charge in [-0.3, -0.25) is 0 Å². The van der Waals surface area contributed by atoms with E-state index in [2.05, 4.69) is 47.6 Å². The van der Waals surface area contributed by atoms with E-state index >= 15 is 0 Å². The van der Waals surface area contributed by atoms with Crippen molar-refractivity contribution < 1.29 is 28.4 Å². The molecule has 0 saturated carbocycles. The largest absolute Gasteiger partial charge is 0.501 e. The first-order chi connectivity index (χ1) is 27.2. The van der Waals surface area contributed by atoms with Gasteiger partial charge in [-0.25, -0.2) is 0 Å². The molecule has 2 aromatic rings. The van der Waals surface area contributed by atoms with E-state index in [9.17, 15) is 5.26 Å². The Morgan fingerprint density at radius 1 is 0.607 bits per heavy atom. The summed E-state index contributed by atoms with van der Waals surface area (Å²) >= 11 is 0. The minimum absolute atomic E-state index is 0.108. The van der Waals surface area contributed by atoms with Crippen LogP contribution in [0.25, 0.3) is 11.6 Å². The Balaban J connectivity index is 2.32. The summed E-state index contributed by atoms with van der Waals surface area (Å²) in [5.41, 5.74) is 2.13. The number of ether oxygens (including phenoxy) is 6. The van der Waals surface area contributed by atoms with E-state index in [4.69, 9.17) is 28.4 Å². The Kier molecular flexibility index (Phi) is 25.9. The Morgan fingerprint density at radius 2 is 1.12 bits per heavy atom. The minimum Gasteiger partial charge on any atom is -0.501 e. The zero-order valence-electron chi connectivity index (χ0n) is 36.3. The number of rotatable bonds is 32. The maximum atomic E-state index is 10.4. The molecule has 7 nitrogen and oxygen atoms in total. The van der Waals surface area contributed by atoms with Crippen LogP contribution in [0.3, 0.4) is 0 Å². The first-order valence-electron chi connectivity index (χ1n) is 21.8. The van der Waals surface area contributed by atoms with Crippen molar-refractivity contribution in [3.05, 3.63) is 72.2 Å². The second-order valence-electron chi connectivity index (χ2n) is 15.3. The molecule has 0 aromatic heterocycles. The number of hydrogen-bond acceptors (Lipinski definition) is 7. The molecular formula is C49H75NO6. The summed E-state index contributed by atoms with van der Waals surface area (Å²) in [7, 11) is 0. The SMILES string of the molecule is CCCCCCCOc1ccc(C(C#N)=Cc2ccc(OC(C)CC=COCC(C)CC)c(OC(C)CC=COCC(C)CC)c2)cc1OCCCCCCC. The van der Waals surface area contributed by atoms with Crippen molar-refractivity contribution in [2.45, 2.75) is 157 Å². The molecule has 0 spiro atoms. The highest BCUT2D eigenvalue weighted by Gasteiger charge is 2.15. The number of hydrogen-bond donors (Lipinski definition) is 0. The number of unbranched alkanes of at least 4 members (excludes halogenated alkanes) is 8. The van der Waals surface area contributed by atoms with Gasteiger partial charge in [-0.15, -0.1) is 0 Å². The van der Waals surface area contributed by atoms with Gasteiger partial charge in [0.05, 0.1) is 62.8 Å². The lowest BCUT2D eigenvalue weighted by atomic mass is 10.0. The molecule has 7 heteroatoms. The highest BCUT2D eigenvalue weighted by molar-refractivity contribution is 5.90. The van der Waals surface area contributed by atoms with Gasteiger partial charge in [-0.05, 0) is 98.2 Å². The van der Waals surface area contributed by atoms with Crippen molar-refractivity contribution in [1.82, 2.24) is 0 Å². The number of allylic oxidation sites excluding steroid dienone is 1. The second-order valence-corrected chi connectivity index (χ2v) is 15.3. The zero-order valence-corrected chi connectivity index (χ0v) is 36.3. The van der Waals surface area contributed by atoms with E-state index in [1.807, 2.05) is 68.5 Å². The van der Waals surface area contributed by atoms with Gasteiger partial charge < -0.3 is 28.4 Å². The molecule has 0 heterocycles.